The molecule has 1 aromatic rings. The predicted octanol–water partition coefficient (Wildman–Crippen LogP) is 1.75. The molecule has 0 radical (unpaired) electrons. The van der Waals surface area contributed by atoms with Crippen molar-refractivity contribution in [2.24, 2.45) is 7.05 Å². The van der Waals surface area contributed by atoms with E-state index < -0.39 is 15.6 Å². The van der Waals surface area contributed by atoms with Crippen molar-refractivity contribution in [3.8, 4) is 0 Å². The second kappa shape index (κ2) is 9.04. The number of halogens is 4. The zero-order valence-electron chi connectivity index (χ0n) is 12.4. The van der Waals surface area contributed by atoms with Crippen molar-refractivity contribution in [3.05, 3.63) is 29.0 Å². The molecule has 1 heterocycles. The maximum atomic E-state index is 11.7. The normalized spacial score (nSPS) is 11.4. The number of carbonyl (C=O) groups excluding carboxylic acids is 1. The number of rotatable bonds is 4. The number of unbranched alkanes of at least 4 members (excludes halogenated alkanes) is 1. The second-order valence-corrected chi connectivity index (χ2v) is 6.06. The van der Waals surface area contributed by atoms with Gasteiger partial charge in [-0.05, 0) is 24.1 Å². The molecule has 1 N–H and O–H groups in total. The van der Waals surface area contributed by atoms with E-state index in [2.05, 4.69) is 12.2 Å². The first-order valence-electron chi connectivity index (χ1n) is 6.36. The summed E-state index contributed by atoms with van der Waals surface area (Å²) in [5, 5.41) is 3.30. The Kier molecular flexibility index (Phi) is 8.49. The van der Waals surface area contributed by atoms with Crippen LogP contribution in [-0.2, 0) is 17.2 Å². The smallest absolute Gasteiger partial charge is 0.485 e. The van der Waals surface area contributed by atoms with Gasteiger partial charge in [0.1, 0.15) is 12.6 Å². The fourth-order valence-electron chi connectivity index (χ4n) is 1.24. The number of aromatic nitrogens is 1. The minimum atomic E-state index is -6.09. The molecule has 0 saturated carbocycles. The van der Waals surface area contributed by atoms with Crippen molar-refractivity contribution in [2.75, 3.05) is 6.54 Å². The Balaban J connectivity index is 0.000000515. The van der Waals surface area contributed by atoms with Gasteiger partial charge >= 0.3 is 5.51 Å². The van der Waals surface area contributed by atoms with Crippen LogP contribution in [0.5, 0.6) is 0 Å². The van der Waals surface area contributed by atoms with Crippen molar-refractivity contribution >= 4 is 27.6 Å². The molecule has 132 valence electrons. The first-order valence-corrected chi connectivity index (χ1v) is 8.15. The van der Waals surface area contributed by atoms with Crippen molar-refractivity contribution in [1.82, 2.24) is 5.32 Å². The highest BCUT2D eigenvalue weighted by Gasteiger charge is 2.36. The zero-order valence-corrected chi connectivity index (χ0v) is 13.9. The summed E-state index contributed by atoms with van der Waals surface area (Å²) in [4.78, 5) is 11.7. The summed E-state index contributed by atoms with van der Waals surface area (Å²) in [7, 11) is -4.28. The Morgan fingerprint density at radius 2 is 1.96 bits per heavy atom. The molecule has 0 spiro atoms. The van der Waals surface area contributed by atoms with Crippen LogP contribution in [0.3, 0.4) is 0 Å². The van der Waals surface area contributed by atoms with E-state index in [9.17, 15) is 18.0 Å². The second-order valence-electron chi connectivity index (χ2n) is 4.33. The van der Waals surface area contributed by atoms with Crippen molar-refractivity contribution in [3.63, 3.8) is 0 Å². The molecule has 0 aliphatic carbocycles. The van der Waals surface area contributed by atoms with Gasteiger partial charge in [-0.2, -0.15) is 17.7 Å². The number of pyridine rings is 1. The molecule has 0 aliphatic rings. The van der Waals surface area contributed by atoms with Gasteiger partial charge in [0.25, 0.3) is 11.1 Å². The predicted molar refractivity (Wildman–Crippen MR) is 75.6 cm³/mol. The molecule has 1 aromatic heterocycles. The van der Waals surface area contributed by atoms with Crippen LogP contribution in [0.1, 0.15) is 30.1 Å². The Hall–Kier alpha value is -1.39. The first kappa shape index (κ1) is 21.6. The summed E-state index contributed by atoms with van der Waals surface area (Å²) in [6, 6.07) is 3.53. The summed E-state index contributed by atoms with van der Waals surface area (Å²) >= 11 is 6.00. The standard InChI is InChI=1S/C11H15ClN2O.CHF3O3S/c1-3-4-7-13-11(15)9-6-5-8-14(2)10(9)12;2-1(3,4)8(5,6)7/h5-6,8H,3-4,7H2,1-2H3;(H,5,6,7). The molecule has 6 nitrogen and oxygen atoms in total. The largest absolute Gasteiger partial charge is 0.741 e. The third kappa shape index (κ3) is 7.62. The minimum Gasteiger partial charge on any atom is -0.741 e. The van der Waals surface area contributed by atoms with Crippen LogP contribution in [-0.4, -0.2) is 30.9 Å². The molecule has 0 fully saturated rings. The highest BCUT2D eigenvalue weighted by atomic mass is 35.5. The molecule has 0 aromatic carbocycles. The van der Waals surface area contributed by atoms with Crippen molar-refractivity contribution in [1.29, 1.82) is 0 Å². The molecule has 0 bridgehead atoms. The van der Waals surface area contributed by atoms with E-state index in [0.29, 0.717) is 17.3 Å². The van der Waals surface area contributed by atoms with Gasteiger partial charge in [0.15, 0.2) is 16.3 Å². The van der Waals surface area contributed by atoms with Gasteiger partial charge in [0, 0.05) is 12.6 Å². The van der Waals surface area contributed by atoms with Gasteiger partial charge in [-0.15, -0.1) is 0 Å². The fraction of sp³-hybridized carbons (Fsp3) is 0.500. The van der Waals surface area contributed by atoms with E-state index in [1.807, 2.05) is 13.2 Å². The number of alkyl halides is 3. The van der Waals surface area contributed by atoms with Crippen LogP contribution in [0.25, 0.3) is 0 Å². The summed E-state index contributed by atoms with van der Waals surface area (Å²) in [5.74, 6) is -0.107. The minimum absolute atomic E-state index is 0.107. The molecule has 11 heteroatoms. The lowest BCUT2D eigenvalue weighted by Crippen LogP contribution is -2.33. The Morgan fingerprint density at radius 1 is 1.43 bits per heavy atom. The molecule has 0 atom stereocenters. The van der Waals surface area contributed by atoms with Gasteiger partial charge in [0.05, 0.1) is 0 Å². The van der Waals surface area contributed by atoms with E-state index in [4.69, 9.17) is 24.6 Å². The van der Waals surface area contributed by atoms with Crippen LogP contribution < -0.4 is 9.88 Å². The maximum Gasteiger partial charge on any atom is 0.485 e. The highest BCUT2D eigenvalue weighted by Crippen LogP contribution is 2.20. The number of hydrogen-bond acceptors (Lipinski definition) is 4. The molecule has 1 amide bonds. The summed E-state index contributed by atoms with van der Waals surface area (Å²) in [6.45, 7) is 2.78. The topological polar surface area (TPSA) is 90.2 Å². The summed E-state index contributed by atoms with van der Waals surface area (Å²) in [5.41, 5.74) is -5.12. The molecular weight excluding hydrogens is 361 g/mol. The van der Waals surface area contributed by atoms with Gasteiger partial charge in [-0.1, -0.05) is 13.3 Å². The highest BCUT2D eigenvalue weighted by molar-refractivity contribution is 7.86. The Labute approximate surface area is 137 Å². The van der Waals surface area contributed by atoms with Gasteiger partial charge < -0.3 is 9.87 Å². The molecular formula is C12H16ClF3N2O4S. The zero-order chi connectivity index (χ0) is 18.3. The molecule has 1 rings (SSSR count). The number of hydrogen-bond donors (Lipinski definition) is 1. The lowest BCUT2D eigenvalue weighted by atomic mass is 10.2. The lowest BCUT2D eigenvalue weighted by molar-refractivity contribution is -0.669. The number of carbonyl (C=O) groups is 1. The van der Waals surface area contributed by atoms with Crippen LogP contribution in [0, 0.1) is 0 Å². The Morgan fingerprint density at radius 3 is 2.39 bits per heavy atom. The number of nitrogens with one attached hydrogen (secondary N) is 1. The van der Waals surface area contributed by atoms with E-state index in [-0.39, 0.29) is 5.91 Å². The maximum absolute atomic E-state index is 11.7. The molecule has 23 heavy (non-hydrogen) atoms. The van der Waals surface area contributed by atoms with Crippen molar-refractivity contribution < 1.29 is 35.5 Å². The monoisotopic (exact) mass is 376 g/mol. The molecule has 0 aliphatic heterocycles. The van der Waals surface area contributed by atoms with E-state index in [1.165, 1.54) is 0 Å². The van der Waals surface area contributed by atoms with Gasteiger partial charge in [0.2, 0.25) is 0 Å². The van der Waals surface area contributed by atoms with Crippen molar-refractivity contribution in [2.45, 2.75) is 25.3 Å². The third-order valence-electron chi connectivity index (χ3n) is 2.45. The van der Waals surface area contributed by atoms with Crippen LogP contribution >= 0.6 is 11.6 Å². The fourth-order valence-corrected chi connectivity index (χ4v) is 1.44. The molecule has 0 unspecified atom stereocenters. The third-order valence-corrected chi connectivity index (χ3v) is 3.49. The summed E-state index contributed by atoms with van der Waals surface area (Å²) in [6.07, 6.45) is 3.87. The first-order chi connectivity index (χ1) is 10.4. The number of amides is 1. The quantitative estimate of drug-likeness (QED) is 0.285. The lowest BCUT2D eigenvalue weighted by Gasteiger charge is -2.08. The van der Waals surface area contributed by atoms with Crippen LogP contribution in [0.4, 0.5) is 13.2 Å². The number of nitrogens with zero attached hydrogens (tertiary/aromatic N) is 1. The van der Waals surface area contributed by atoms with E-state index in [0.717, 1.165) is 12.8 Å². The average molecular weight is 377 g/mol. The van der Waals surface area contributed by atoms with Gasteiger partial charge in [-0.3, -0.25) is 4.79 Å². The number of aryl methyl sites for hydroxylation is 1. The summed E-state index contributed by atoms with van der Waals surface area (Å²) < 4.78 is 60.6. The molecule has 0 saturated heterocycles. The van der Waals surface area contributed by atoms with Gasteiger partial charge in [-0.25, -0.2) is 8.42 Å². The van der Waals surface area contributed by atoms with Crippen LogP contribution in [0.15, 0.2) is 18.3 Å². The Bertz CT molecular complexity index is 636. The SMILES string of the molecule is CCCCNC(=O)c1ccc[n+](C)c1Cl.O=S(=O)([O-])C(F)(F)F. The van der Waals surface area contributed by atoms with E-state index >= 15 is 0 Å². The average Bonchev–Trinajstić information content (AvgIpc) is 2.40. The van der Waals surface area contributed by atoms with E-state index in [1.54, 1.807) is 16.7 Å². The van der Waals surface area contributed by atoms with Crippen LogP contribution in [0.2, 0.25) is 5.15 Å².